The summed E-state index contributed by atoms with van der Waals surface area (Å²) in [5.41, 5.74) is 2.16. The van der Waals surface area contributed by atoms with E-state index in [-0.39, 0.29) is 23.7 Å². The molecule has 3 rings (SSSR count). The fraction of sp³-hybridized carbons (Fsp3) is 0.238. The van der Waals surface area contributed by atoms with Crippen molar-refractivity contribution in [1.82, 2.24) is 9.55 Å². The maximum absolute atomic E-state index is 14.0. The van der Waals surface area contributed by atoms with Gasteiger partial charge in [0.05, 0.1) is 5.56 Å². The molecular formula is C21H22FN2O2P. The normalized spacial score (nSPS) is 11.0. The summed E-state index contributed by atoms with van der Waals surface area (Å²) < 4.78 is 15.5. The Kier molecular flexibility index (Phi) is 5.71. The van der Waals surface area contributed by atoms with Gasteiger partial charge in [0.25, 0.3) is 5.56 Å². The Balaban J connectivity index is 2.14. The number of aromatic hydroxyl groups is 1. The Bertz CT molecular complexity index is 1050. The fourth-order valence-electron chi connectivity index (χ4n) is 3.20. The number of nitrogens with zero attached hydrogens (tertiary/aromatic N) is 2. The highest BCUT2D eigenvalue weighted by molar-refractivity contribution is 7.27. The van der Waals surface area contributed by atoms with Crippen molar-refractivity contribution in [3.05, 3.63) is 75.5 Å². The predicted molar refractivity (Wildman–Crippen MR) is 109 cm³/mol. The van der Waals surface area contributed by atoms with E-state index in [0.717, 1.165) is 0 Å². The van der Waals surface area contributed by atoms with Crippen LogP contribution in [0.3, 0.4) is 0 Å². The van der Waals surface area contributed by atoms with Crippen LogP contribution in [0.2, 0.25) is 0 Å². The van der Waals surface area contributed by atoms with E-state index in [1.54, 1.807) is 43.3 Å². The molecule has 140 valence electrons. The molecule has 1 unspecified atom stereocenters. The molecule has 0 aliphatic heterocycles. The van der Waals surface area contributed by atoms with E-state index < -0.39 is 0 Å². The fourth-order valence-corrected chi connectivity index (χ4v) is 3.46. The first kappa shape index (κ1) is 19.2. The van der Waals surface area contributed by atoms with Crippen LogP contribution in [0.4, 0.5) is 4.39 Å². The number of halogens is 1. The molecular weight excluding hydrogens is 362 g/mol. The van der Waals surface area contributed by atoms with Crippen molar-refractivity contribution in [3.63, 3.8) is 0 Å². The molecule has 0 saturated carbocycles. The average Bonchev–Trinajstić information content (AvgIpc) is 2.64. The van der Waals surface area contributed by atoms with Crippen LogP contribution in [-0.4, -0.2) is 14.7 Å². The first-order chi connectivity index (χ1) is 12.9. The quantitative estimate of drug-likeness (QED) is 0.687. The van der Waals surface area contributed by atoms with Crippen LogP contribution in [-0.2, 0) is 19.4 Å². The monoisotopic (exact) mass is 384 g/mol. The van der Waals surface area contributed by atoms with Gasteiger partial charge in [-0.15, -0.1) is 9.24 Å². The number of benzene rings is 2. The lowest BCUT2D eigenvalue weighted by molar-refractivity contribution is 0.480. The van der Waals surface area contributed by atoms with Crippen molar-refractivity contribution in [2.24, 2.45) is 0 Å². The minimum atomic E-state index is -0.294. The summed E-state index contributed by atoms with van der Waals surface area (Å²) in [5.74, 6) is 0.170. The smallest absolute Gasteiger partial charge is 0.257 e. The highest BCUT2D eigenvalue weighted by Gasteiger charge is 2.18. The minimum absolute atomic E-state index is 0.0673. The molecule has 0 bridgehead atoms. The lowest BCUT2D eigenvalue weighted by atomic mass is 10.1. The van der Waals surface area contributed by atoms with Crippen LogP contribution < -0.4 is 10.9 Å². The van der Waals surface area contributed by atoms with E-state index in [4.69, 9.17) is 0 Å². The number of phenols is 1. The molecule has 1 N–H and O–H groups in total. The molecule has 3 aromatic rings. The summed E-state index contributed by atoms with van der Waals surface area (Å²) in [7, 11) is 2.47. The van der Waals surface area contributed by atoms with Crippen molar-refractivity contribution in [3.8, 4) is 17.1 Å². The minimum Gasteiger partial charge on any atom is -0.507 e. The largest absolute Gasteiger partial charge is 0.507 e. The number of para-hydroxylation sites is 1. The lowest BCUT2D eigenvalue weighted by Crippen LogP contribution is -2.28. The molecule has 0 aliphatic rings. The Morgan fingerprint density at radius 1 is 1.19 bits per heavy atom. The third-order valence-corrected chi connectivity index (χ3v) is 5.16. The predicted octanol–water partition coefficient (Wildman–Crippen LogP) is 3.37. The van der Waals surface area contributed by atoms with Gasteiger partial charge in [0.1, 0.15) is 17.4 Å². The standard InChI is InChI=1S/C21H22FN2O2P/c1-3-15-13(2)23-20(16-8-6-10-18(27)19(16)25)24(21(15)26)12-11-14-7-4-5-9-17(14)22/h4-10,25H,3,11-12,27H2,1-2H3. The van der Waals surface area contributed by atoms with Gasteiger partial charge in [0, 0.05) is 23.1 Å². The van der Waals surface area contributed by atoms with Gasteiger partial charge in [-0.1, -0.05) is 37.3 Å². The molecule has 0 saturated heterocycles. The molecule has 0 spiro atoms. The summed E-state index contributed by atoms with van der Waals surface area (Å²) in [4.78, 5) is 17.7. The summed E-state index contributed by atoms with van der Waals surface area (Å²) in [6.07, 6.45) is 0.919. The molecule has 0 aliphatic carbocycles. The highest BCUT2D eigenvalue weighted by Crippen LogP contribution is 2.27. The Morgan fingerprint density at radius 3 is 2.63 bits per heavy atom. The van der Waals surface area contributed by atoms with Gasteiger partial charge < -0.3 is 5.11 Å². The van der Waals surface area contributed by atoms with Gasteiger partial charge in [-0.05, 0) is 37.5 Å². The van der Waals surface area contributed by atoms with Crippen molar-refractivity contribution in [1.29, 1.82) is 0 Å². The summed E-state index contributed by atoms with van der Waals surface area (Å²) in [5, 5.41) is 11.1. The summed E-state index contributed by atoms with van der Waals surface area (Å²) in [6.45, 7) is 3.98. The Morgan fingerprint density at radius 2 is 1.93 bits per heavy atom. The van der Waals surface area contributed by atoms with Gasteiger partial charge >= 0.3 is 0 Å². The van der Waals surface area contributed by atoms with Gasteiger partial charge in [0.15, 0.2) is 0 Å². The third kappa shape index (κ3) is 3.79. The number of hydrogen-bond donors (Lipinski definition) is 1. The third-order valence-electron chi connectivity index (χ3n) is 4.69. The molecule has 0 fully saturated rings. The van der Waals surface area contributed by atoms with Gasteiger partial charge in [-0.2, -0.15) is 0 Å². The molecule has 27 heavy (non-hydrogen) atoms. The molecule has 6 heteroatoms. The second kappa shape index (κ2) is 8.01. The first-order valence-corrected chi connectivity index (χ1v) is 9.43. The van der Waals surface area contributed by atoms with Crippen molar-refractivity contribution in [2.75, 3.05) is 0 Å². The van der Waals surface area contributed by atoms with Gasteiger partial charge in [-0.3, -0.25) is 9.36 Å². The average molecular weight is 384 g/mol. The summed E-state index contributed by atoms with van der Waals surface area (Å²) in [6, 6.07) is 11.8. The molecule has 4 nitrogen and oxygen atoms in total. The van der Waals surface area contributed by atoms with E-state index in [2.05, 4.69) is 14.2 Å². The highest BCUT2D eigenvalue weighted by atomic mass is 31.0. The van der Waals surface area contributed by atoms with E-state index >= 15 is 0 Å². The van der Waals surface area contributed by atoms with E-state index in [1.807, 2.05) is 6.92 Å². The molecule has 1 atom stereocenters. The van der Waals surface area contributed by atoms with Crippen molar-refractivity contribution < 1.29 is 9.50 Å². The second-order valence-electron chi connectivity index (χ2n) is 6.39. The van der Waals surface area contributed by atoms with Gasteiger partial charge in [-0.25, -0.2) is 9.37 Å². The maximum atomic E-state index is 14.0. The topological polar surface area (TPSA) is 55.1 Å². The molecule has 2 aromatic carbocycles. The van der Waals surface area contributed by atoms with Crippen LogP contribution in [0.25, 0.3) is 11.4 Å². The van der Waals surface area contributed by atoms with Crippen LogP contribution in [0.5, 0.6) is 5.75 Å². The molecule has 0 radical (unpaired) electrons. The van der Waals surface area contributed by atoms with Gasteiger partial charge in [0.2, 0.25) is 0 Å². The van der Waals surface area contributed by atoms with E-state index in [9.17, 15) is 14.3 Å². The molecule has 1 heterocycles. The Hall–Kier alpha value is -2.52. The zero-order valence-corrected chi connectivity index (χ0v) is 16.5. The zero-order valence-electron chi connectivity index (χ0n) is 15.4. The number of phenolic OH excluding ortho intramolecular Hbond substituents is 1. The number of aromatic nitrogens is 2. The van der Waals surface area contributed by atoms with Crippen LogP contribution >= 0.6 is 9.24 Å². The maximum Gasteiger partial charge on any atom is 0.257 e. The van der Waals surface area contributed by atoms with Crippen molar-refractivity contribution >= 4 is 14.5 Å². The Labute approximate surface area is 159 Å². The first-order valence-electron chi connectivity index (χ1n) is 8.85. The SMILES string of the molecule is CCc1c(C)nc(-c2cccc(P)c2O)n(CCc2ccccc2F)c1=O. The van der Waals surface area contributed by atoms with E-state index in [0.29, 0.717) is 46.4 Å². The number of hydrogen-bond acceptors (Lipinski definition) is 3. The van der Waals surface area contributed by atoms with Crippen molar-refractivity contribution in [2.45, 2.75) is 33.2 Å². The summed E-state index contributed by atoms with van der Waals surface area (Å²) >= 11 is 0. The molecule has 1 aromatic heterocycles. The van der Waals surface area contributed by atoms with E-state index in [1.165, 1.54) is 10.6 Å². The number of aryl methyl sites for hydroxylation is 2. The lowest BCUT2D eigenvalue weighted by Gasteiger charge is -2.17. The zero-order chi connectivity index (χ0) is 19.6. The number of rotatable bonds is 5. The van der Waals surface area contributed by atoms with Crippen LogP contribution in [0.15, 0.2) is 47.3 Å². The molecule has 0 amide bonds. The second-order valence-corrected chi connectivity index (χ2v) is 7.02. The van der Waals surface area contributed by atoms with Crippen LogP contribution in [0.1, 0.15) is 23.7 Å². The van der Waals surface area contributed by atoms with Crippen LogP contribution in [0, 0.1) is 12.7 Å².